The summed E-state index contributed by atoms with van der Waals surface area (Å²) in [5.74, 6) is -1.28. The van der Waals surface area contributed by atoms with Crippen LogP contribution in [0.15, 0.2) is 12.7 Å². The Balaban J connectivity index is 0. The van der Waals surface area contributed by atoms with Crippen LogP contribution in [0, 0.1) is 0 Å². The van der Waals surface area contributed by atoms with Crippen LogP contribution in [-0.2, 0) is 9.59 Å². The van der Waals surface area contributed by atoms with E-state index in [1.165, 1.54) is 6.08 Å². The first-order valence-corrected chi connectivity index (χ1v) is 3.77. The largest absolute Gasteiger partial charge is 1.00 e. The molecule has 5 heteroatoms. The maximum absolute atomic E-state index is 10.6. The molecule has 0 saturated heterocycles. The van der Waals surface area contributed by atoms with Crippen LogP contribution in [0.4, 0.5) is 0 Å². The Hall–Kier alpha value is -0.320. The molecule has 68 valence electrons. The molecule has 0 saturated carbocycles. The summed E-state index contributed by atoms with van der Waals surface area (Å²) in [6.07, 6.45) is 2.40. The number of carbonyl (C=O) groups excluding carboxylic acids is 2. The van der Waals surface area contributed by atoms with Crippen molar-refractivity contribution in [3.05, 3.63) is 12.7 Å². The molecule has 13 heavy (non-hydrogen) atoms. The van der Waals surface area contributed by atoms with Gasteiger partial charge in [0.05, 0.1) is 0 Å². The molecule has 0 spiro atoms. The van der Waals surface area contributed by atoms with Gasteiger partial charge in [0.2, 0.25) is 5.91 Å². The molecule has 1 amide bonds. The van der Waals surface area contributed by atoms with E-state index in [0.717, 1.165) is 0 Å². The third-order valence-electron chi connectivity index (χ3n) is 1.29. The fraction of sp³-hybridized carbons (Fsp3) is 0.500. The van der Waals surface area contributed by atoms with Gasteiger partial charge in [0.1, 0.15) is 0 Å². The van der Waals surface area contributed by atoms with Crippen LogP contribution in [-0.4, -0.2) is 18.4 Å². The molecule has 0 fully saturated rings. The molecule has 0 bridgehead atoms. The predicted molar refractivity (Wildman–Crippen MR) is 42.1 cm³/mol. The van der Waals surface area contributed by atoms with E-state index < -0.39 is 5.97 Å². The number of carbonyl (C=O) groups is 2. The van der Waals surface area contributed by atoms with Crippen LogP contribution >= 0.6 is 0 Å². The number of hydrogen-bond donors (Lipinski definition) is 1. The molecule has 0 aromatic carbocycles. The van der Waals surface area contributed by atoms with Crippen molar-refractivity contribution in [1.82, 2.24) is 5.32 Å². The van der Waals surface area contributed by atoms with Gasteiger partial charge in [0.15, 0.2) is 0 Å². The second kappa shape index (κ2) is 9.77. The van der Waals surface area contributed by atoms with Crippen LogP contribution in [0.25, 0.3) is 0 Å². The summed E-state index contributed by atoms with van der Waals surface area (Å²) in [4.78, 5) is 20.5. The minimum atomic E-state index is -1.05. The van der Waals surface area contributed by atoms with E-state index in [-0.39, 0.29) is 41.9 Å². The number of aliphatic carboxylic acids is 1. The minimum absolute atomic E-state index is 0. The van der Waals surface area contributed by atoms with Gasteiger partial charge in [-0.15, -0.1) is 0 Å². The quantitative estimate of drug-likeness (QED) is 0.267. The molecule has 1 N–H and O–H groups in total. The van der Waals surface area contributed by atoms with Crippen molar-refractivity contribution < 1.29 is 44.3 Å². The fourth-order valence-electron chi connectivity index (χ4n) is 0.678. The molecule has 4 nitrogen and oxygen atoms in total. The Morgan fingerprint density at radius 2 is 2.00 bits per heavy atom. The van der Waals surface area contributed by atoms with Crippen LogP contribution in [0.2, 0.25) is 0 Å². The summed E-state index contributed by atoms with van der Waals surface area (Å²) in [7, 11) is 0. The molecular formula is C8H12NNaO3. The van der Waals surface area contributed by atoms with Gasteiger partial charge in [-0.05, 0) is 25.3 Å². The van der Waals surface area contributed by atoms with Crippen molar-refractivity contribution in [2.75, 3.05) is 6.54 Å². The molecule has 0 aromatic rings. The molecule has 0 unspecified atom stereocenters. The second-order valence-electron chi connectivity index (χ2n) is 2.32. The third kappa shape index (κ3) is 11.7. The van der Waals surface area contributed by atoms with Crippen molar-refractivity contribution in [1.29, 1.82) is 0 Å². The molecule has 0 aliphatic heterocycles. The van der Waals surface area contributed by atoms with Gasteiger partial charge in [-0.3, -0.25) is 4.79 Å². The van der Waals surface area contributed by atoms with E-state index in [1.54, 1.807) is 0 Å². The number of rotatable bonds is 6. The molecule has 0 rings (SSSR count). The minimum Gasteiger partial charge on any atom is -0.550 e. The van der Waals surface area contributed by atoms with Crippen LogP contribution in [0.5, 0.6) is 0 Å². The van der Waals surface area contributed by atoms with E-state index in [9.17, 15) is 14.7 Å². The zero-order valence-corrected chi connectivity index (χ0v) is 9.84. The van der Waals surface area contributed by atoms with Crippen molar-refractivity contribution in [2.45, 2.75) is 19.3 Å². The van der Waals surface area contributed by atoms with E-state index in [0.29, 0.717) is 19.4 Å². The summed E-state index contributed by atoms with van der Waals surface area (Å²) < 4.78 is 0. The normalized spacial score (nSPS) is 8.31. The summed E-state index contributed by atoms with van der Waals surface area (Å²) in [5.41, 5.74) is 0. The van der Waals surface area contributed by atoms with Crippen molar-refractivity contribution in [3.8, 4) is 0 Å². The van der Waals surface area contributed by atoms with E-state index in [2.05, 4.69) is 11.9 Å². The summed E-state index contributed by atoms with van der Waals surface area (Å²) in [6.45, 7) is 3.76. The molecule has 0 aliphatic carbocycles. The van der Waals surface area contributed by atoms with E-state index in [1.807, 2.05) is 0 Å². The van der Waals surface area contributed by atoms with Gasteiger partial charge in [-0.1, -0.05) is 6.58 Å². The summed E-state index contributed by atoms with van der Waals surface area (Å²) in [5, 5.41) is 12.5. The first kappa shape index (κ1) is 15.2. The summed E-state index contributed by atoms with van der Waals surface area (Å²) in [6, 6.07) is 0. The Bertz CT molecular complexity index is 182. The van der Waals surface area contributed by atoms with E-state index >= 15 is 0 Å². The topological polar surface area (TPSA) is 69.2 Å². The zero-order valence-electron chi connectivity index (χ0n) is 7.84. The number of hydrogen-bond acceptors (Lipinski definition) is 3. The van der Waals surface area contributed by atoms with Crippen LogP contribution < -0.4 is 40.0 Å². The van der Waals surface area contributed by atoms with Gasteiger partial charge in [0.25, 0.3) is 0 Å². The maximum atomic E-state index is 10.6. The molecule has 0 atom stereocenters. The van der Waals surface area contributed by atoms with E-state index in [4.69, 9.17) is 0 Å². The molecular weight excluding hydrogens is 181 g/mol. The van der Waals surface area contributed by atoms with Gasteiger partial charge in [-0.2, -0.15) is 0 Å². The monoisotopic (exact) mass is 193 g/mol. The standard InChI is InChI=1S/C8H13NO3.Na/c1-2-7(10)9-6-4-3-5-8(11)12;/h2H,1,3-6H2,(H,9,10)(H,11,12);/q;+1/p-1. The molecule has 0 radical (unpaired) electrons. The average Bonchev–Trinajstić information content (AvgIpc) is 2.03. The van der Waals surface area contributed by atoms with Crippen LogP contribution in [0.1, 0.15) is 19.3 Å². The Morgan fingerprint density at radius 1 is 1.38 bits per heavy atom. The SMILES string of the molecule is C=CC(=O)NCCCCC(=O)[O-].[Na+]. The van der Waals surface area contributed by atoms with Crippen molar-refractivity contribution in [2.24, 2.45) is 0 Å². The number of nitrogens with one attached hydrogen (secondary N) is 1. The first-order valence-electron chi connectivity index (χ1n) is 3.77. The van der Waals surface area contributed by atoms with Gasteiger partial charge >= 0.3 is 29.6 Å². The van der Waals surface area contributed by atoms with Crippen molar-refractivity contribution >= 4 is 11.9 Å². The molecule has 0 heterocycles. The number of carboxylic acid groups (broad SMARTS) is 1. The molecule has 0 aliphatic rings. The zero-order chi connectivity index (χ0) is 9.40. The number of unbranched alkanes of at least 4 members (excludes halogenated alkanes) is 1. The van der Waals surface area contributed by atoms with Crippen LogP contribution in [0.3, 0.4) is 0 Å². The fourth-order valence-corrected chi connectivity index (χ4v) is 0.678. The Labute approximate surface area is 99.7 Å². The Morgan fingerprint density at radius 3 is 2.46 bits per heavy atom. The second-order valence-corrected chi connectivity index (χ2v) is 2.32. The first-order chi connectivity index (χ1) is 5.66. The predicted octanol–water partition coefficient (Wildman–Crippen LogP) is -3.79. The Kier molecular flexibility index (Phi) is 11.4. The van der Waals surface area contributed by atoms with Gasteiger partial charge < -0.3 is 15.2 Å². The number of amides is 1. The summed E-state index contributed by atoms with van der Waals surface area (Å²) >= 11 is 0. The maximum Gasteiger partial charge on any atom is 1.00 e. The number of carboxylic acids is 1. The third-order valence-corrected chi connectivity index (χ3v) is 1.29. The molecule has 0 aromatic heterocycles. The van der Waals surface area contributed by atoms with Gasteiger partial charge in [0, 0.05) is 12.5 Å². The van der Waals surface area contributed by atoms with Gasteiger partial charge in [-0.25, -0.2) is 0 Å². The smallest absolute Gasteiger partial charge is 0.550 e. The van der Waals surface area contributed by atoms with Crippen molar-refractivity contribution in [3.63, 3.8) is 0 Å². The average molecular weight is 193 g/mol.